The Bertz CT molecular complexity index is 769. The van der Waals surface area contributed by atoms with E-state index in [-0.39, 0.29) is 29.1 Å². The lowest BCUT2D eigenvalue weighted by molar-refractivity contribution is -0.203. The first-order chi connectivity index (χ1) is 16.7. The molecule has 0 aromatic rings. The van der Waals surface area contributed by atoms with Crippen molar-refractivity contribution in [3.8, 4) is 0 Å². The van der Waals surface area contributed by atoms with Crippen LogP contribution in [0.25, 0.3) is 0 Å². The molecular weight excluding hydrogens is 438 g/mol. The predicted molar refractivity (Wildman–Crippen MR) is 138 cm³/mol. The second-order valence-electron chi connectivity index (χ2n) is 13.8. The van der Waals surface area contributed by atoms with E-state index in [1.165, 1.54) is 32.1 Å². The van der Waals surface area contributed by atoms with Gasteiger partial charge in [-0.3, -0.25) is 0 Å². The van der Waals surface area contributed by atoms with E-state index in [0.717, 1.165) is 44.9 Å². The molecule has 0 aromatic heterocycles. The van der Waals surface area contributed by atoms with Gasteiger partial charge in [-0.05, 0) is 123 Å². The summed E-state index contributed by atoms with van der Waals surface area (Å²) in [6.45, 7) is 10.2. The maximum atomic E-state index is 12.1. The average Bonchev–Trinajstić information content (AvgIpc) is 3.15. The fourth-order valence-corrected chi connectivity index (χ4v) is 10.2. The zero-order valence-corrected chi connectivity index (χ0v) is 22.7. The Kier molecular flexibility index (Phi) is 7.24. The van der Waals surface area contributed by atoms with E-state index in [2.05, 4.69) is 33.0 Å². The summed E-state index contributed by atoms with van der Waals surface area (Å²) in [5.74, 6) is 3.51. The van der Waals surface area contributed by atoms with Crippen molar-refractivity contribution in [1.82, 2.24) is 5.32 Å². The largest absolute Gasteiger partial charge is 0.450 e. The standard InChI is InChI=1S/C30H51NO4/c1-5-21-25-17-20(32)11-14-30(25,4)24-12-15-29(3)22(9-10-23(29)26(24)27(21)33)18(2)13-16-35-28(34)31-19-7-6-8-19/h18-27,32-33H,5-17H2,1-4H3,(H,31,34)/t18-,20-,21-,22-,23+,24+,25+,26?,27-,29-,30-/m1/s1. The number of hydrogen-bond acceptors (Lipinski definition) is 4. The molecular formula is C30H51NO4. The average molecular weight is 490 g/mol. The summed E-state index contributed by atoms with van der Waals surface area (Å²) in [6.07, 6.45) is 12.5. The highest BCUT2D eigenvalue weighted by molar-refractivity contribution is 5.67. The Morgan fingerprint density at radius 1 is 1.00 bits per heavy atom. The van der Waals surface area contributed by atoms with E-state index in [0.29, 0.717) is 54.1 Å². The van der Waals surface area contributed by atoms with Crippen molar-refractivity contribution >= 4 is 6.09 Å². The van der Waals surface area contributed by atoms with Crippen molar-refractivity contribution < 1.29 is 19.7 Å². The Hall–Kier alpha value is -0.810. The van der Waals surface area contributed by atoms with Crippen LogP contribution in [0.4, 0.5) is 4.79 Å². The SMILES string of the molecule is CC[C@H]1[C@@H](O)C2[C@@H]3CC[C@H]([C@H](C)CCOC(=O)NC4CCC4)[C@@]3(C)CC[C@@H]2[C@@]2(C)CC[C@@H](O)C[C@@H]12. The fourth-order valence-electron chi connectivity index (χ4n) is 10.2. The summed E-state index contributed by atoms with van der Waals surface area (Å²) in [5, 5.41) is 25.3. The van der Waals surface area contributed by atoms with Crippen LogP contribution in [-0.2, 0) is 4.74 Å². The normalized spacial score (nSPS) is 48.2. The maximum absolute atomic E-state index is 12.1. The number of carbonyl (C=O) groups is 1. The third kappa shape index (κ3) is 4.35. The molecule has 5 saturated carbocycles. The van der Waals surface area contributed by atoms with Crippen molar-refractivity contribution in [2.45, 2.75) is 123 Å². The number of carbonyl (C=O) groups excluding carboxylic acids is 1. The molecule has 0 spiro atoms. The quantitative estimate of drug-likeness (QED) is 0.433. The zero-order valence-electron chi connectivity index (χ0n) is 22.7. The topological polar surface area (TPSA) is 78.8 Å². The predicted octanol–water partition coefficient (Wildman–Crippen LogP) is 5.92. The number of aliphatic hydroxyl groups is 2. The van der Waals surface area contributed by atoms with Crippen LogP contribution in [-0.4, -0.2) is 41.2 Å². The molecule has 0 heterocycles. The molecule has 1 unspecified atom stereocenters. The van der Waals surface area contributed by atoms with Gasteiger partial charge >= 0.3 is 6.09 Å². The van der Waals surface area contributed by atoms with Gasteiger partial charge in [-0.25, -0.2) is 4.79 Å². The Labute approximate surface area is 213 Å². The molecule has 3 N–H and O–H groups in total. The van der Waals surface area contributed by atoms with Gasteiger partial charge in [-0.2, -0.15) is 0 Å². The van der Waals surface area contributed by atoms with Gasteiger partial charge < -0.3 is 20.3 Å². The lowest BCUT2D eigenvalue weighted by atomic mass is 9.41. The molecule has 5 rings (SSSR count). The second-order valence-corrected chi connectivity index (χ2v) is 13.8. The van der Waals surface area contributed by atoms with E-state index >= 15 is 0 Å². The van der Waals surface area contributed by atoms with Gasteiger partial charge in [-0.15, -0.1) is 0 Å². The van der Waals surface area contributed by atoms with E-state index < -0.39 is 0 Å². The van der Waals surface area contributed by atoms with Crippen LogP contribution in [0.5, 0.6) is 0 Å². The van der Waals surface area contributed by atoms with Crippen LogP contribution >= 0.6 is 0 Å². The summed E-state index contributed by atoms with van der Waals surface area (Å²) in [6, 6.07) is 0.326. The van der Waals surface area contributed by atoms with Crippen LogP contribution in [0.15, 0.2) is 0 Å². The fraction of sp³-hybridized carbons (Fsp3) is 0.967. The van der Waals surface area contributed by atoms with Gasteiger partial charge in [0.05, 0.1) is 18.8 Å². The number of amides is 1. The lowest BCUT2D eigenvalue weighted by Gasteiger charge is -2.64. The van der Waals surface area contributed by atoms with Gasteiger partial charge in [0.25, 0.3) is 0 Å². The number of ether oxygens (including phenoxy) is 1. The Morgan fingerprint density at radius 2 is 1.71 bits per heavy atom. The monoisotopic (exact) mass is 489 g/mol. The van der Waals surface area contributed by atoms with E-state index in [9.17, 15) is 15.0 Å². The molecule has 0 aliphatic heterocycles. The highest BCUT2D eigenvalue weighted by Crippen LogP contribution is 2.69. The highest BCUT2D eigenvalue weighted by Gasteiger charge is 2.64. The molecule has 5 heteroatoms. The number of fused-ring (bicyclic) bond motifs is 5. The number of aliphatic hydroxyl groups excluding tert-OH is 2. The van der Waals surface area contributed by atoms with Crippen LogP contribution < -0.4 is 5.32 Å². The summed E-state index contributed by atoms with van der Waals surface area (Å²) in [5.41, 5.74) is 0.530. The molecule has 0 bridgehead atoms. The van der Waals surface area contributed by atoms with Crippen molar-refractivity contribution in [1.29, 1.82) is 0 Å². The first kappa shape index (κ1) is 25.8. The smallest absolute Gasteiger partial charge is 0.407 e. The van der Waals surface area contributed by atoms with Crippen LogP contribution in [0.1, 0.15) is 105 Å². The third-order valence-corrected chi connectivity index (χ3v) is 12.4. The summed E-state index contributed by atoms with van der Waals surface area (Å²) >= 11 is 0. The number of nitrogens with one attached hydrogen (secondary N) is 1. The molecule has 5 aliphatic carbocycles. The van der Waals surface area contributed by atoms with Crippen LogP contribution in [0, 0.1) is 52.3 Å². The Morgan fingerprint density at radius 3 is 2.40 bits per heavy atom. The number of alkyl carbamates (subject to hydrolysis) is 1. The van der Waals surface area contributed by atoms with Gasteiger partial charge in [0.1, 0.15) is 0 Å². The van der Waals surface area contributed by atoms with Crippen molar-refractivity contribution in [3.05, 3.63) is 0 Å². The molecule has 5 aliphatic rings. The minimum Gasteiger partial charge on any atom is -0.450 e. The number of hydrogen-bond donors (Lipinski definition) is 3. The molecule has 35 heavy (non-hydrogen) atoms. The minimum absolute atomic E-state index is 0.186. The van der Waals surface area contributed by atoms with E-state index in [1.807, 2.05) is 0 Å². The Balaban J connectivity index is 1.26. The van der Waals surface area contributed by atoms with Crippen molar-refractivity contribution in [2.24, 2.45) is 52.3 Å². The summed E-state index contributed by atoms with van der Waals surface area (Å²) < 4.78 is 5.55. The van der Waals surface area contributed by atoms with Crippen molar-refractivity contribution in [2.75, 3.05) is 6.61 Å². The van der Waals surface area contributed by atoms with Crippen LogP contribution in [0.2, 0.25) is 0 Å². The first-order valence-electron chi connectivity index (χ1n) is 15.0. The van der Waals surface area contributed by atoms with Gasteiger partial charge in [0.15, 0.2) is 0 Å². The molecule has 11 atom stereocenters. The van der Waals surface area contributed by atoms with Gasteiger partial charge in [0.2, 0.25) is 0 Å². The molecule has 0 saturated heterocycles. The van der Waals surface area contributed by atoms with Crippen LogP contribution in [0.3, 0.4) is 0 Å². The van der Waals surface area contributed by atoms with E-state index in [1.54, 1.807) is 0 Å². The number of rotatable bonds is 6. The van der Waals surface area contributed by atoms with Gasteiger partial charge in [0, 0.05) is 6.04 Å². The highest BCUT2D eigenvalue weighted by atomic mass is 16.5. The second kappa shape index (κ2) is 9.82. The van der Waals surface area contributed by atoms with E-state index in [4.69, 9.17) is 4.74 Å². The molecule has 5 fully saturated rings. The zero-order chi connectivity index (χ0) is 25.0. The summed E-state index contributed by atoms with van der Waals surface area (Å²) in [7, 11) is 0. The minimum atomic E-state index is -0.241. The molecule has 1 amide bonds. The maximum Gasteiger partial charge on any atom is 0.407 e. The molecule has 0 radical (unpaired) electrons. The van der Waals surface area contributed by atoms with Gasteiger partial charge in [-0.1, -0.05) is 34.1 Å². The molecule has 0 aromatic carbocycles. The lowest BCUT2D eigenvalue weighted by Crippen LogP contribution is -2.62. The first-order valence-corrected chi connectivity index (χ1v) is 15.0. The third-order valence-electron chi connectivity index (χ3n) is 12.4. The molecule has 200 valence electrons. The summed E-state index contributed by atoms with van der Waals surface area (Å²) in [4.78, 5) is 12.1. The van der Waals surface area contributed by atoms with Crippen molar-refractivity contribution in [3.63, 3.8) is 0 Å². The molecule has 5 nitrogen and oxygen atoms in total.